The van der Waals surface area contributed by atoms with Crippen LogP contribution >= 0.6 is 11.6 Å². The molecule has 3 rings (SSSR count). The smallest absolute Gasteiger partial charge is 0.175 e. The Kier molecular flexibility index (Phi) is 4.80. The lowest BCUT2D eigenvalue weighted by molar-refractivity contribution is 0.266. The van der Waals surface area contributed by atoms with Gasteiger partial charge in [-0.2, -0.15) is 0 Å². The highest BCUT2D eigenvalue weighted by atomic mass is 35.5. The van der Waals surface area contributed by atoms with E-state index in [9.17, 15) is 13.5 Å². The molecule has 24 heavy (non-hydrogen) atoms. The van der Waals surface area contributed by atoms with Crippen LogP contribution in [0.4, 0.5) is 5.82 Å². The van der Waals surface area contributed by atoms with Crippen LogP contribution in [0, 0.1) is 0 Å². The summed E-state index contributed by atoms with van der Waals surface area (Å²) in [4.78, 5) is 6.78. The highest BCUT2D eigenvalue weighted by molar-refractivity contribution is 7.90. The highest BCUT2D eigenvalue weighted by Gasteiger charge is 2.27. The third kappa shape index (κ3) is 3.41. The van der Waals surface area contributed by atoms with Gasteiger partial charge in [-0.15, -0.1) is 0 Å². The van der Waals surface area contributed by atoms with Gasteiger partial charge in [0.1, 0.15) is 5.82 Å². The van der Waals surface area contributed by atoms with Crippen molar-refractivity contribution in [2.45, 2.75) is 23.8 Å². The van der Waals surface area contributed by atoms with Crippen LogP contribution in [-0.4, -0.2) is 44.0 Å². The molecule has 1 aliphatic heterocycles. The number of aliphatic hydroxyl groups is 1. The largest absolute Gasteiger partial charge is 0.394 e. The zero-order valence-electron chi connectivity index (χ0n) is 13.3. The summed E-state index contributed by atoms with van der Waals surface area (Å²) in [5.74, 6) is 0.724. The molecule has 1 atom stereocenters. The molecule has 1 saturated heterocycles. The molecular formula is C17H19ClN2O3S. The van der Waals surface area contributed by atoms with Crippen molar-refractivity contribution in [1.82, 2.24) is 4.98 Å². The number of hydrogen-bond donors (Lipinski definition) is 1. The zero-order valence-corrected chi connectivity index (χ0v) is 14.9. The molecule has 0 saturated carbocycles. The summed E-state index contributed by atoms with van der Waals surface area (Å²) in [6.45, 7) is 0.867. The van der Waals surface area contributed by atoms with Gasteiger partial charge in [0.2, 0.25) is 0 Å². The number of hydrogen-bond acceptors (Lipinski definition) is 5. The normalized spacial score (nSPS) is 18.1. The quantitative estimate of drug-likeness (QED) is 0.900. The Hall–Kier alpha value is -1.63. The summed E-state index contributed by atoms with van der Waals surface area (Å²) >= 11 is 6.12. The molecule has 1 aromatic carbocycles. The monoisotopic (exact) mass is 366 g/mol. The van der Waals surface area contributed by atoms with Gasteiger partial charge in [-0.25, -0.2) is 13.4 Å². The lowest BCUT2D eigenvalue weighted by atomic mass is 10.1. The van der Waals surface area contributed by atoms with Gasteiger partial charge in [-0.3, -0.25) is 0 Å². The topological polar surface area (TPSA) is 70.5 Å². The van der Waals surface area contributed by atoms with Gasteiger partial charge in [-0.05, 0) is 36.6 Å². The molecule has 7 heteroatoms. The van der Waals surface area contributed by atoms with E-state index in [4.69, 9.17) is 11.6 Å². The van der Waals surface area contributed by atoms with E-state index in [-0.39, 0.29) is 17.5 Å². The number of benzene rings is 1. The Balaban J connectivity index is 2.13. The molecule has 1 aliphatic rings. The highest BCUT2D eigenvalue weighted by Crippen LogP contribution is 2.35. The van der Waals surface area contributed by atoms with Crippen molar-refractivity contribution in [3.63, 3.8) is 0 Å². The first kappa shape index (κ1) is 17.2. The average molecular weight is 367 g/mol. The van der Waals surface area contributed by atoms with Gasteiger partial charge < -0.3 is 10.0 Å². The van der Waals surface area contributed by atoms with Crippen molar-refractivity contribution in [1.29, 1.82) is 0 Å². The standard InChI is InChI=1S/C17H19ClN2O3S/c1-24(22,23)15-6-2-4-12(8-15)16-9-13(18)10-19-17(16)20-7-3-5-14(20)11-21/h2,4,6,8-10,14,21H,3,5,7,11H2,1H3. The number of aromatic nitrogens is 1. The molecular weight excluding hydrogens is 348 g/mol. The molecule has 0 bridgehead atoms. The second kappa shape index (κ2) is 6.70. The molecule has 1 N–H and O–H groups in total. The molecule has 0 spiro atoms. The van der Waals surface area contributed by atoms with Crippen molar-refractivity contribution in [3.05, 3.63) is 41.6 Å². The Bertz CT molecular complexity index is 855. The van der Waals surface area contributed by atoms with Crippen molar-refractivity contribution >= 4 is 27.3 Å². The van der Waals surface area contributed by atoms with Crippen LogP contribution in [0.2, 0.25) is 5.02 Å². The molecule has 0 radical (unpaired) electrons. The zero-order chi connectivity index (χ0) is 17.3. The first-order valence-electron chi connectivity index (χ1n) is 7.73. The third-order valence-electron chi connectivity index (χ3n) is 4.27. The second-order valence-corrected chi connectivity index (χ2v) is 8.45. The minimum atomic E-state index is -3.30. The summed E-state index contributed by atoms with van der Waals surface area (Å²) in [6, 6.07) is 8.58. The first-order chi connectivity index (χ1) is 11.4. The Labute approximate surface area is 146 Å². The van der Waals surface area contributed by atoms with E-state index in [0.29, 0.717) is 5.02 Å². The fourth-order valence-electron chi connectivity index (χ4n) is 3.07. The molecule has 1 aromatic heterocycles. The molecule has 5 nitrogen and oxygen atoms in total. The molecule has 128 valence electrons. The number of aliphatic hydroxyl groups excluding tert-OH is 1. The van der Waals surface area contributed by atoms with Crippen LogP contribution in [0.1, 0.15) is 12.8 Å². The van der Waals surface area contributed by atoms with Crippen molar-refractivity contribution < 1.29 is 13.5 Å². The summed E-state index contributed by atoms with van der Waals surface area (Å²) < 4.78 is 23.7. The summed E-state index contributed by atoms with van der Waals surface area (Å²) in [5, 5.41) is 10.1. The van der Waals surface area contributed by atoms with E-state index in [1.165, 1.54) is 6.26 Å². The van der Waals surface area contributed by atoms with Crippen LogP contribution in [0.15, 0.2) is 41.4 Å². The molecule has 2 aromatic rings. The Morgan fingerprint density at radius 3 is 2.88 bits per heavy atom. The fraction of sp³-hybridized carbons (Fsp3) is 0.353. The van der Waals surface area contributed by atoms with Crippen molar-refractivity contribution in [2.75, 3.05) is 24.3 Å². The minimum Gasteiger partial charge on any atom is -0.394 e. The van der Waals surface area contributed by atoms with E-state index in [0.717, 1.165) is 36.3 Å². The van der Waals surface area contributed by atoms with Crippen LogP contribution < -0.4 is 4.90 Å². The van der Waals surface area contributed by atoms with Crippen LogP contribution in [0.3, 0.4) is 0 Å². The SMILES string of the molecule is CS(=O)(=O)c1cccc(-c2cc(Cl)cnc2N2CCCC2CO)c1. The maximum atomic E-state index is 11.8. The maximum Gasteiger partial charge on any atom is 0.175 e. The number of sulfone groups is 1. The minimum absolute atomic E-state index is 0.0236. The Morgan fingerprint density at radius 1 is 1.38 bits per heavy atom. The number of pyridine rings is 1. The first-order valence-corrected chi connectivity index (χ1v) is 10.0. The molecule has 0 amide bonds. The number of halogens is 1. The van der Waals surface area contributed by atoms with E-state index >= 15 is 0 Å². The van der Waals surface area contributed by atoms with Crippen molar-refractivity contribution in [2.24, 2.45) is 0 Å². The van der Waals surface area contributed by atoms with Gasteiger partial charge in [0.15, 0.2) is 9.84 Å². The number of rotatable bonds is 4. The van der Waals surface area contributed by atoms with Gasteiger partial charge in [-0.1, -0.05) is 23.7 Å². The summed E-state index contributed by atoms with van der Waals surface area (Å²) in [7, 11) is -3.30. The average Bonchev–Trinajstić information content (AvgIpc) is 3.02. The lowest BCUT2D eigenvalue weighted by Gasteiger charge is -2.26. The third-order valence-corrected chi connectivity index (χ3v) is 5.58. The summed E-state index contributed by atoms with van der Waals surface area (Å²) in [6.07, 6.45) is 4.65. The molecule has 1 fully saturated rings. The van der Waals surface area contributed by atoms with Crippen molar-refractivity contribution in [3.8, 4) is 11.1 Å². The predicted molar refractivity (Wildman–Crippen MR) is 95.2 cm³/mol. The van der Waals surface area contributed by atoms with Crippen LogP contribution in [0.25, 0.3) is 11.1 Å². The van der Waals surface area contributed by atoms with E-state index in [1.54, 1.807) is 30.5 Å². The fourth-order valence-corrected chi connectivity index (χ4v) is 3.90. The number of anilines is 1. The van der Waals surface area contributed by atoms with E-state index in [2.05, 4.69) is 9.88 Å². The second-order valence-electron chi connectivity index (χ2n) is 6.00. The van der Waals surface area contributed by atoms with Crippen LogP contribution in [0.5, 0.6) is 0 Å². The Morgan fingerprint density at radius 2 is 2.17 bits per heavy atom. The molecule has 2 heterocycles. The van der Waals surface area contributed by atoms with Gasteiger partial charge >= 0.3 is 0 Å². The van der Waals surface area contributed by atoms with E-state index in [1.807, 2.05) is 6.07 Å². The van der Waals surface area contributed by atoms with Gasteiger partial charge in [0.05, 0.1) is 22.6 Å². The molecule has 1 unspecified atom stereocenters. The number of nitrogens with zero attached hydrogens (tertiary/aromatic N) is 2. The maximum absolute atomic E-state index is 11.8. The summed E-state index contributed by atoms with van der Waals surface area (Å²) in [5.41, 5.74) is 1.51. The molecule has 0 aliphatic carbocycles. The van der Waals surface area contributed by atoms with Crippen LogP contribution in [-0.2, 0) is 9.84 Å². The van der Waals surface area contributed by atoms with Gasteiger partial charge in [0.25, 0.3) is 0 Å². The lowest BCUT2D eigenvalue weighted by Crippen LogP contribution is -2.33. The predicted octanol–water partition coefficient (Wildman–Crippen LogP) is 2.77. The van der Waals surface area contributed by atoms with E-state index < -0.39 is 9.84 Å². The van der Waals surface area contributed by atoms with Gasteiger partial charge in [0, 0.05) is 24.6 Å².